The number of non-ortho nitro benzene ring substituents is 1. The van der Waals surface area contributed by atoms with E-state index in [-0.39, 0.29) is 11.6 Å². The molecule has 138 valence electrons. The van der Waals surface area contributed by atoms with Crippen molar-refractivity contribution >= 4 is 39.9 Å². The Morgan fingerprint density at radius 2 is 1.89 bits per heavy atom. The molecule has 0 saturated heterocycles. The van der Waals surface area contributed by atoms with Crippen molar-refractivity contribution in [2.75, 3.05) is 6.61 Å². The normalized spacial score (nSPS) is 17.6. The second-order valence-electron chi connectivity index (χ2n) is 6.41. The molecule has 0 bridgehead atoms. The average molecular weight is 406 g/mol. The van der Waals surface area contributed by atoms with Crippen LogP contribution in [0.2, 0.25) is 0 Å². The van der Waals surface area contributed by atoms with Gasteiger partial charge in [-0.05, 0) is 41.8 Å². The van der Waals surface area contributed by atoms with Gasteiger partial charge in [0.05, 0.1) is 11.5 Å². The molecule has 8 heteroatoms. The lowest BCUT2D eigenvalue weighted by atomic mass is 10.0. The van der Waals surface area contributed by atoms with E-state index in [2.05, 4.69) is 0 Å². The summed E-state index contributed by atoms with van der Waals surface area (Å²) in [5.74, 6) is 0.623. The highest BCUT2D eigenvalue weighted by Gasteiger charge is 2.52. The molecular weight excluding hydrogens is 393 g/mol. The molecule has 6 nitrogen and oxygen atoms in total. The minimum absolute atomic E-state index is 0.0172. The number of halogens is 2. The summed E-state index contributed by atoms with van der Waals surface area (Å²) in [6, 6.07) is 12.5. The van der Waals surface area contributed by atoms with E-state index in [0.717, 1.165) is 0 Å². The molecule has 1 atom stereocenters. The molecule has 0 aliphatic heterocycles. The van der Waals surface area contributed by atoms with Crippen molar-refractivity contribution in [3.63, 3.8) is 0 Å². The molecular formula is C19H13Cl2NO5. The van der Waals surface area contributed by atoms with Crippen LogP contribution >= 0.6 is 23.2 Å². The van der Waals surface area contributed by atoms with E-state index < -0.39 is 14.9 Å². The summed E-state index contributed by atoms with van der Waals surface area (Å²) in [7, 11) is 0. The molecule has 1 aliphatic carbocycles. The van der Waals surface area contributed by atoms with Crippen LogP contribution in [0.25, 0.3) is 22.1 Å². The second kappa shape index (κ2) is 6.55. The third kappa shape index (κ3) is 3.63. The predicted molar refractivity (Wildman–Crippen MR) is 103 cm³/mol. The van der Waals surface area contributed by atoms with Crippen LogP contribution in [0.5, 0.6) is 5.75 Å². The fraction of sp³-hybridized carbons (Fsp3) is 0.211. The summed E-state index contributed by atoms with van der Waals surface area (Å²) < 4.78 is 10.3. The Labute approximate surface area is 163 Å². The summed E-state index contributed by atoms with van der Waals surface area (Å²) in [6.07, 6.45) is 0.684. The van der Waals surface area contributed by atoms with E-state index in [1.165, 1.54) is 18.2 Å². The monoisotopic (exact) mass is 405 g/mol. The van der Waals surface area contributed by atoms with E-state index in [9.17, 15) is 14.9 Å². The largest absolute Gasteiger partial charge is 0.493 e. The van der Waals surface area contributed by atoms with Crippen LogP contribution in [-0.4, -0.2) is 15.9 Å². The molecule has 27 heavy (non-hydrogen) atoms. The van der Waals surface area contributed by atoms with E-state index in [4.69, 9.17) is 32.4 Å². The lowest BCUT2D eigenvalue weighted by molar-refractivity contribution is -0.384. The smallest absolute Gasteiger partial charge is 0.336 e. The Balaban J connectivity index is 1.67. The van der Waals surface area contributed by atoms with Gasteiger partial charge in [-0.25, -0.2) is 4.79 Å². The fourth-order valence-corrected chi connectivity index (χ4v) is 3.38. The zero-order valence-electron chi connectivity index (χ0n) is 13.9. The van der Waals surface area contributed by atoms with E-state index in [0.29, 0.717) is 40.9 Å². The number of rotatable bonds is 5. The van der Waals surface area contributed by atoms with Crippen LogP contribution in [0.4, 0.5) is 5.69 Å². The topological polar surface area (TPSA) is 82.6 Å². The molecule has 0 unspecified atom stereocenters. The number of nitrogens with zero attached hydrogens (tertiary/aromatic N) is 1. The molecule has 1 aliphatic rings. The predicted octanol–water partition coefficient (Wildman–Crippen LogP) is 4.94. The Morgan fingerprint density at radius 3 is 2.52 bits per heavy atom. The number of benzene rings is 2. The summed E-state index contributed by atoms with van der Waals surface area (Å²) in [4.78, 5) is 22.3. The first-order valence-corrected chi connectivity index (χ1v) is 8.92. The molecule has 1 heterocycles. The van der Waals surface area contributed by atoms with Gasteiger partial charge in [-0.2, -0.15) is 0 Å². The first-order valence-electron chi connectivity index (χ1n) is 8.17. The fourth-order valence-electron chi connectivity index (χ4n) is 2.88. The van der Waals surface area contributed by atoms with Gasteiger partial charge in [-0.15, -0.1) is 23.2 Å². The van der Waals surface area contributed by atoms with Gasteiger partial charge >= 0.3 is 5.63 Å². The minimum atomic E-state index is -0.716. The highest BCUT2D eigenvalue weighted by molar-refractivity contribution is 6.50. The Kier molecular flexibility index (Phi) is 4.32. The van der Waals surface area contributed by atoms with Crippen LogP contribution in [0.15, 0.2) is 57.7 Å². The van der Waals surface area contributed by atoms with Gasteiger partial charge in [0, 0.05) is 35.6 Å². The minimum Gasteiger partial charge on any atom is -0.493 e. The summed E-state index contributed by atoms with van der Waals surface area (Å²) >= 11 is 12.0. The Hall–Kier alpha value is -2.57. The lowest BCUT2D eigenvalue weighted by Crippen LogP contribution is -2.04. The van der Waals surface area contributed by atoms with Gasteiger partial charge in [0.2, 0.25) is 0 Å². The molecule has 0 radical (unpaired) electrons. The third-order valence-corrected chi connectivity index (χ3v) is 5.44. The summed E-state index contributed by atoms with van der Waals surface area (Å²) in [5.41, 5.74) is 1.14. The number of ether oxygens (including phenoxy) is 1. The average Bonchev–Trinajstić information content (AvgIpc) is 3.25. The lowest BCUT2D eigenvalue weighted by Gasteiger charge is -2.09. The molecule has 1 saturated carbocycles. The molecule has 1 aromatic heterocycles. The zero-order chi connectivity index (χ0) is 19.2. The van der Waals surface area contributed by atoms with E-state index in [1.807, 2.05) is 0 Å². The van der Waals surface area contributed by atoms with Crippen molar-refractivity contribution in [3.8, 4) is 16.9 Å². The van der Waals surface area contributed by atoms with Crippen LogP contribution in [0.3, 0.4) is 0 Å². The Bertz CT molecular complexity index is 1090. The standard InChI is InChI=1S/C19H13Cl2NO5/c20-19(21)9-12(19)10-26-14-5-6-15-16(8-18(23)27-17(15)7-14)11-1-3-13(4-2-11)22(24)25/h1-8,12H,9-10H2/t12-/m0/s1. The third-order valence-electron chi connectivity index (χ3n) is 4.51. The van der Waals surface area contributed by atoms with Gasteiger partial charge < -0.3 is 9.15 Å². The van der Waals surface area contributed by atoms with Gasteiger partial charge in [0.25, 0.3) is 5.69 Å². The maximum Gasteiger partial charge on any atom is 0.336 e. The molecule has 3 aromatic rings. The number of fused-ring (bicyclic) bond motifs is 1. The first-order chi connectivity index (χ1) is 12.8. The van der Waals surface area contributed by atoms with Crippen molar-refractivity contribution in [2.45, 2.75) is 10.8 Å². The summed E-state index contributed by atoms with van der Waals surface area (Å²) in [6.45, 7) is 0.380. The first kappa shape index (κ1) is 17.8. The van der Waals surface area contributed by atoms with Crippen LogP contribution in [0.1, 0.15) is 6.42 Å². The van der Waals surface area contributed by atoms with Crippen LogP contribution in [0, 0.1) is 16.0 Å². The van der Waals surface area contributed by atoms with Gasteiger partial charge in [-0.1, -0.05) is 0 Å². The van der Waals surface area contributed by atoms with Crippen molar-refractivity contribution in [1.82, 2.24) is 0 Å². The van der Waals surface area contributed by atoms with E-state index >= 15 is 0 Å². The van der Waals surface area contributed by atoms with E-state index in [1.54, 1.807) is 30.3 Å². The molecule has 2 aromatic carbocycles. The number of nitro benzene ring substituents is 1. The van der Waals surface area contributed by atoms with Crippen molar-refractivity contribution in [2.24, 2.45) is 5.92 Å². The number of alkyl halides is 2. The number of hydrogen-bond donors (Lipinski definition) is 0. The van der Waals surface area contributed by atoms with Crippen molar-refractivity contribution < 1.29 is 14.1 Å². The highest BCUT2D eigenvalue weighted by atomic mass is 35.5. The second-order valence-corrected chi connectivity index (χ2v) is 7.96. The maximum absolute atomic E-state index is 12.0. The Morgan fingerprint density at radius 1 is 1.19 bits per heavy atom. The van der Waals surface area contributed by atoms with Gasteiger partial charge in [0.1, 0.15) is 15.7 Å². The van der Waals surface area contributed by atoms with Gasteiger partial charge in [-0.3, -0.25) is 10.1 Å². The van der Waals surface area contributed by atoms with Gasteiger partial charge in [0.15, 0.2) is 0 Å². The molecule has 0 N–H and O–H groups in total. The quantitative estimate of drug-likeness (QED) is 0.259. The van der Waals surface area contributed by atoms with Crippen molar-refractivity contribution in [3.05, 3.63) is 69.1 Å². The molecule has 0 amide bonds. The number of nitro groups is 1. The SMILES string of the molecule is O=c1cc(-c2ccc([N+](=O)[O-])cc2)c2ccc(OC[C@@H]3CC3(Cl)Cl)cc2o1. The number of hydrogen-bond acceptors (Lipinski definition) is 5. The molecule has 0 spiro atoms. The van der Waals surface area contributed by atoms with Crippen LogP contribution in [-0.2, 0) is 0 Å². The maximum atomic E-state index is 12.0. The van der Waals surface area contributed by atoms with Crippen LogP contribution < -0.4 is 10.4 Å². The highest BCUT2D eigenvalue weighted by Crippen LogP contribution is 2.53. The summed E-state index contributed by atoms with van der Waals surface area (Å²) in [5, 5.41) is 11.5. The van der Waals surface area contributed by atoms with Crippen molar-refractivity contribution in [1.29, 1.82) is 0 Å². The molecule has 1 fully saturated rings. The zero-order valence-corrected chi connectivity index (χ0v) is 15.4. The molecule has 4 rings (SSSR count).